The van der Waals surface area contributed by atoms with Crippen LogP contribution in [-0.2, 0) is 0 Å². The van der Waals surface area contributed by atoms with E-state index in [9.17, 15) is 18.3 Å². The van der Waals surface area contributed by atoms with E-state index in [0.717, 1.165) is 10.9 Å². The summed E-state index contributed by atoms with van der Waals surface area (Å²) in [6.07, 6.45) is -7.11. The van der Waals surface area contributed by atoms with E-state index < -0.39 is 12.3 Å². The smallest absolute Gasteiger partial charge is 0.379 e. The van der Waals surface area contributed by atoms with Crippen molar-refractivity contribution in [1.82, 2.24) is 0 Å². The minimum atomic E-state index is -4.66. The zero-order valence-electron chi connectivity index (χ0n) is 9.61. The van der Waals surface area contributed by atoms with E-state index in [-0.39, 0.29) is 5.56 Å². The first kappa shape index (κ1) is 12.4. The highest BCUT2D eigenvalue weighted by atomic mass is 32.1. The molecule has 0 aliphatic heterocycles. The quantitative estimate of drug-likeness (QED) is 0.691. The summed E-state index contributed by atoms with van der Waals surface area (Å²) in [5, 5.41) is 12.1. The Hall–Kier alpha value is -1.59. The van der Waals surface area contributed by atoms with Gasteiger partial charge in [0.2, 0.25) is 0 Å². The lowest BCUT2D eigenvalue weighted by Crippen LogP contribution is -2.20. The van der Waals surface area contributed by atoms with Gasteiger partial charge in [-0.3, -0.25) is 0 Å². The van der Waals surface area contributed by atoms with E-state index in [1.54, 1.807) is 41.8 Å². The van der Waals surface area contributed by atoms with Gasteiger partial charge < -0.3 is 5.11 Å². The highest BCUT2D eigenvalue weighted by molar-refractivity contribution is 7.17. The summed E-state index contributed by atoms with van der Waals surface area (Å²) in [7, 11) is 0. The standard InChI is InChI=1S/C14H9F3OS/c15-14(16,17)13(18)11-9-5-3-1-2-4-8(9)10-6-7-19-12(10)11/h1-7,13,18H. The number of fused-ring (bicyclic) bond motifs is 3. The van der Waals surface area contributed by atoms with Crippen molar-refractivity contribution < 1.29 is 18.3 Å². The molecule has 19 heavy (non-hydrogen) atoms. The van der Waals surface area contributed by atoms with Crippen LogP contribution in [-0.4, -0.2) is 11.3 Å². The summed E-state index contributed by atoms with van der Waals surface area (Å²) in [6.45, 7) is 0. The van der Waals surface area contributed by atoms with Gasteiger partial charge in [-0.05, 0) is 22.6 Å². The van der Waals surface area contributed by atoms with Gasteiger partial charge in [-0.25, -0.2) is 0 Å². The maximum Gasteiger partial charge on any atom is 0.418 e. The van der Waals surface area contributed by atoms with Crippen LogP contribution in [0.25, 0.3) is 21.2 Å². The van der Waals surface area contributed by atoms with Crippen molar-refractivity contribution in [3.05, 3.63) is 47.3 Å². The van der Waals surface area contributed by atoms with E-state index in [0.29, 0.717) is 10.3 Å². The Morgan fingerprint density at radius 3 is 2.37 bits per heavy atom. The molecule has 2 aliphatic carbocycles. The van der Waals surface area contributed by atoms with Crippen LogP contribution in [0.15, 0.2) is 41.8 Å². The molecule has 2 aliphatic rings. The molecule has 0 radical (unpaired) electrons. The van der Waals surface area contributed by atoms with E-state index in [4.69, 9.17) is 0 Å². The SMILES string of the molecule is OC(c1c2cccccc-2c2ccsc12)C(F)(F)F. The van der Waals surface area contributed by atoms with Gasteiger partial charge in [-0.2, -0.15) is 13.2 Å². The van der Waals surface area contributed by atoms with Crippen molar-refractivity contribution in [2.75, 3.05) is 0 Å². The predicted molar refractivity (Wildman–Crippen MR) is 69.5 cm³/mol. The number of aliphatic hydroxyl groups is 1. The van der Waals surface area contributed by atoms with Gasteiger partial charge in [0.05, 0.1) is 0 Å². The Bertz CT molecular complexity index is 701. The van der Waals surface area contributed by atoms with Crippen molar-refractivity contribution >= 4 is 21.4 Å². The first-order chi connectivity index (χ1) is 9.00. The minimum Gasteiger partial charge on any atom is -0.379 e. The van der Waals surface area contributed by atoms with Crippen LogP contribution in [0.2, 0.25) is 0 Å². The second-order valence-electron chi connectivity index (χ2n) is 4.26. The largest absolute Gasteiger partial charge is 0.418 e. The number of rotatable bonds is 1. The minimum absolute atomic E-state index is 0.0382. The Morgan fingerprint density at radius 1 is 1.00 bits per heavy atom. The number of thiophene rings is 1. The van der Waals surface area contributed by atoms with Crippen LogP contribution in [0, 0.1) is 0 Å². The topological polar surface area (TPSA) is 20.2 Å². The van der Waals surface area contributed by atoms with Crippen LogP contribution >= 0.6 is 11.3 Å². The van der Waals surface area contributed by atoms with Crippen molar-refractivity contribution in [3.63, 3.8) is 0 Å². The molecule has 1 nitrogen and oxygen atoms in total. The Balaban J connectivity index is 2.37. The summed E-state index contributed by atoms with van der Waals surface area (Å²) >= 11 is 1.22. The van der Waals surface area contributed by atoms with Gasteiger partial charge in [0.1, 0.15) is 0 Å². The third kappa shape index (κ3) is 1.89. The maximum absolute atomic E-state index is 12.8. The summed E-state index contributed by atoms with van der Waals surface area (Å²) in [6, 6.07) is 10.4. The molecule has 1 aromatic heterocycles. The predicted octanol–water partition coefficient (Wildman–Crippen LogP) is 4.60. The lowest BCUT2D eigenvalue weighted by Gasteiger charge is -2.15. The van der Waals surface area contributed by atoms with Crippen molar-refractivity contribution in [3.8, 4) is 11.1 Å². The van der Waals surface area contributed by atoms with Crippen LogP contribution in [0.4, 0.5) is 13.2 Å². The van der Waals surface area contributed by atoms with Crippen molar-refractivity contribution in [2.24, 2.45) is 0 Å². The first-order valence-corrected chi connectivity index (χ1v) is 6.50. The van der Waals surface area contributed by atoms with Crippen molar-refractivity contribution in [1.29, 1.82) is 0 Å². The normalized spacial score (nSPS) is 14.1. The van der Waals surface area contributed by atoms with Gasteiger partial charge >= 0.3 is 6.18 Å². The Kier molecular flexibility index (Phi) is 2.76. The maximum atomic E-state index is 12.8. The zero-order chi connectivity index (χ0) is 13.6. The number of hydrogen-bond acceptors (Lipinski definition) is 2. The highest BCUT2D eigenvalue weighted by Gasteiger charge is 2.42. The molecule has 0 spiro atoms. The molecule has 0 saturated heterocycles. The molecule has 1 N–H and O–H groups in total. The summed E-state index contributed by atoms with van der Waals surface area (Å²) < 4.78 is 39.0. The highest BCUT2D eigenvalue weighted by Crippen LogP contribution is 2.47. The van der Waals surface area contributed by atoms with E-state index in [2.05, 4.69) is 0 Å². The summed E-state index contributed by atoms with van der Waals surface area (Å²) in [4.78, 5) is 0. The third-order valence-electron chi connectivity index (χ3n) is 3.11. The molecule has 1 atom stereocenters. The second kappa shape index (κ2) is 4.21. The van der Waals surface area contributed by atoms with Crippen LogP contribution in [0.5, 0.6) is 0 Å². The molecule has 0 bridgehead atoms. The van der Waals surface area contributed by atoms with Crippen LogP contribution in [0.3, 0.4) is 0 Å². The molecule has 1 unspecified atom stereocenters. The second-order valence-corrected chi connectivity index (χ2v) is 5.18. The van der Waals surface area contributed by atoms with E-state index in [1.165, 1.54) is 11.3 Å². The third-order valence-corrected chi connectivity index (χ3v) is 4.06. The summed E-state index contributed by atoms with van der Waals surface area (Å²) in [5.41, 5.74) is 1.15. The molecular formula is C14H9F3OS. The Morgan fingerprint density at radius 2 is 1.68 bits per heavy atom. The molecule has 3 rings (SSSR count). The lowest BCUT2D eigenvalue weighted by atomic mass is 10.0. The van der Waals surface area contributed by atoms with E-state index in [1.807, 2.05) is 0 Å². The zero-order valence-corrected chi connectivity index (χ0v) is 10.4. The molecule has 0 saturated carbocycles. The average molecular weight is 282 g/mol. The molecular weight excluding hydrogens is 273 g/mol. The molecule has 1 aromatic rings. The molecule has 0 amide bonds. The van der Waals surface area contributed by atoms with Gasteiger partial charge in [-0.1, -0.05) is 30.3 Å². The molecule has 5 heteroatoms. The number of hydrogen-bond donors (Lipinski definition) is 1. The fourth-order valence-corrected chi connectivity index (χ4v) is 3.30. The number of aliphatic hydroxyl groups excluding tert-OH is 1. The van der Waals surface area contributed by atoms with Crippen LogP contribution < -0.4 is 0 Å². The fraction of sp³-hybridized carbons (Fsp3) is 0.143. The fourth-order valence-electron chi connectivity index (χ4n) is 2.30. The lowest BCUT2D eigenvalue weighted by molar-refractivity contribution is -0.206. The van der Waals surface area contributed by atoms with Gasteiger partial charge in [0, 0.05) is 15.6 Å². The average Bonchev–Trinajstić information content (AvgIpc) is 2.81. The van der Waals surface area contributed by atoms with Gasteiger partial charge in [-0.15, -0.1) is 11.3 Å². The molecule has 0 fully saturated rings. The Labute approximate surface area is 111 Å². The van der Waals surface area contributed by atoms with Crippen LogP contribution in [0.1, 0.15) is 11.7 Å². The molecule has 1 heterocycles. The molecule has 0 aromatic carbocycles. The molecule has 98 valence electrons. The van der Waals surface area contributed by atoms with Gasteiger partial charge in [0.25, 0.3) is 0 Å². The monoisotopic (exact) mass is 282 g/mol. The van der Waals surface area contributed by atoms with E-state index >= 15 is 0 Å². The summed E-state index contributed by atoms with van der Waals surface area (Å²) in [5.74, 6) is 0. The number of halogens is 3. The van der Waals surface area contributed by atoms with Gasteiger partial charge in [0.15, 0.2) is 6.10 Å². The van der Waals surface area contributed by atoms with Crippen molar-refractivity contribution in [2.45, 2.75) is 12.3 Å². The first-order valence-electron chi connectivity index (χ1n) is 5.63. The number of alkyl halides is 3.